The number of fused-ring (bicyclic) bond motifs is 14. The molecule has 7 aliphatic rings. The highest BCUT2D eigenvalue weighted by atomic mass is 28.3. The molecule has 4 aliphatic carbocycles. The second kappa shape index (κ2) is 9.82. The Morgan fingerprint density at radius 1 is 0.462 bits per heavy atom. The first-order chi connectivity index (χ1) is 25.8. The van der Waals surface area contributed by atoms with E-state index in [0.29, 0.717) is 11.8 Å². The SMILES string of the molecule is c1ccc2c(c1)-c1ccccc1[Si]21c2ccccc2-c2ccc(N3c4ccccc4C4(c5c3ccc3ccccc53)C3CC5CC(C3)CC4C5)cc21. The van der Waals surface area contributed by atoms with Gasteiger partial charge in [0.05, 0.1) is 11.4 Å². The Kier molecular flexibility index (Phi) is 5.36. The van der Waals surface area contributed by atoms with E-state index in [0.717, 1.165) is 11.8 Å². The molecule has 52 heavy (non-hydrogen) atoms. The van der Waals surface area contributed by atoms with Crippen LogP contribution >= 0.6 is 0 Å². The zero-order chi connectivity index (χ0) is 33.8. The van der Waals surface area contributed by atoms with E-state index in [1.807, 2.05) is 0 Å². The number of anilines is 3. The number of hydrogen-bond acceptors (Lipinski definition) is 1. The Morgan fingerprint density at radius 2 is 1.02 bits per heavy atom. The van der Waals surface area contributed by atoms with Gasteiger partial charge >= 0.3 is 0 Å². The number of benzene rings is 7. The fourth-order valence-electron chi connectivity index (χ4n) is 13.4. The van der Waals surface area contributed by atoms with Crippen molar-refractivity contribution in [3.05, 3.63) is 163 Å². The third-order valence-electron chi connectivity index (χ3n) is 14.8. The van der Waals surface area contributed by atoms with Gasteiger partial charge in [-0.25, -0.2) is 0 Å². The van der Waals surface area contributed by atoms with Crippen molar-refractivity contribution in [2.24, 2.45) is 23.7 Å². The molecule has 0 atom stereocenters. The largest absolute Gasteiger partial charge is 0.310 e. The fourth-order valence-corrected chi connectivity index (χ4v) is 19.1. The summed E-state index contributed by atoms with van der Waals surface area (Å²) in [5, 5.41) is 9.00. The molecule has 0 aromatic heterocycles. The minimum absolute atomic E-state index is 0.0585. The van der Waals surface area contributed by atoms with Gasteiger partial charge in [0, 0.05) is 11.1 Å². The lowest BCUT2D eigenvalue weighted by Crippen LogP contribution is -2.70. The molecule has 7 aromatic rings. The molecule has 0 N–H and O–H groups in total. The van der Waals surface area contributed by atoms with Gasteiger partial charge in [-0.3, -0.25) is 0 Å². The second-order valence-electron chi connectivity index (χ2n) is 16.8. The van der Waals surface area contributed by atoms with Crippen molar-refractivity contribution in [2.45, 2.75) is 37.5 Å². The van der Waals surface area contributed by atoms with Crippen molar-refractivity contribution in [1.82, 2.24) is 0 Å². The lowest BCUT2D eigenvalue weighted by Gasteiger charge is -2.64. The van der Waals surface area contributed by atoms with Gasteiger partial charge in [0.25, 0.3) is 0 Å². The predicted molar refractivity (Wildman–Crippen MR) is 218 cm³/mol. The molecule has 1 nitrogen and oxygen atoms in total. The highest BCUT2D eigenvalue weighted by Gasteiger charge is 2.62. The summed E-state index contributed by atoms with van der Waals surface area (Å²) < 4.78 is 0. The van der Waals surface area contributed by atoms with E-state index in [1.54, 1.807) is 16.3 Å². The van der Waals surface area contributed by atoms with Crippen LogP contribution in [-0.2, 0) is 5.41 Å². The van der Waals surface area contributed by atoms with Crippen LogP contribution in [0, 0.1) is 23.7 Å². The van der Waals surface area contributed by atoms with Crippen molar-refractivity contribution in [2.75, 3.05) is 4.90 Å². The smallest absolute Gasteiger partial charge is 0.182 e. The van der Waals surface area contributed by atoms with Gasteiger partial charge in [0.15, 0.2) is 8.07 Å². The van der Waals surface area contributed by atoms with Crippen molar-refractivity contribution in [1.29, 1.82) is 0 Å². The Bertz CT molecular complexity index is 2590. The van der Waals surface area contributed by atoms with Gasteiger partial charge in [-0.1, -0.05) is 127 Å². The minimum Gasteiger partial charge on any atom is -0.310 e. The van der Waals surface area contributed by atoms with E-state index in [9.17, 15) is 0 Å². The van der Waals surface area contributed by atoms with Gasteiger partial charge < -0.3 is 4.90 Å². The highest BCUT2D eigenvalue weighted by Crippen LogP contribution is 2.70. The van der Waals surface area contributed by atoms with Gasteiger partial charge in [-0.2, -0.15) is 0 Å². The summed E-state index contributed by atoms with van der Waals surface area (Å²) in [7, 11) is -2.56. The molecule has 7 aromatic carbocycles. The van der Waals surface area contributed by atoms with E-state index < -0.39 is 8.07 Å². The first kappa shape index (κ1) is 28.4. The summed E-state index contributed by atoms with van der Waals surface area (Å²) in [5.74, 6) is 3.23. The average molecular weight is 682 g/mol. The molecule has 2 spiro atoms. The summed E-state index contributed by atoms with van der Waals surface area (Å²) in [4.78, 5) is 2.69. The molecule has 3 aliphatic heterocycles. The molecule has 4 bridgehead atoms. The van der Waals surface area contributed by atoms with E-state index >= 15 is 0 Å². The summed E-state index contributed by atoms with van der Waals surface area (Å²) in [5.41, 5.74) is 13.0. The first-order valence-corrected chi connectivity index (χ1v) is 21.6. The molecule has 0 unspecified atom stereocenters. The minimum atomic E-state index is -2.56. The molecule has 2 heteroatoms. The van der Waals surface area contributed by atoms with Crippen LogP contribution in [0.25, 0.3) is 33.0 Å². The van der Waals surface area contributed by atoms with Crippen LogP contribution in [0.1, 0.15) is 43.2 Å². The number of nitrogens with zero attached hydrogens (tertiary/aromatic N) is 1. The highest BCUT2D eigenvalue weighted by molar-refractivity contribution is 7.24. The summed E-state index contributed by atoms with van der Waals surface area (Å²) in [6.45, 7) is 0. The van der Waals surface area contributed by atoms with Crippen LogP contribution in [0.4, 0.5) is 17.1 Å². The average Bonchev–Trinajstić information content (AvgIpc) is 3.66. The fraction of sp³-hybridized carbons (Fsp3) is 0.200. The van der Waals surface area contributed by atoms with Gasteiger partial charge in [0.2, 0.25) is 0 Å². The monoisotopic (exact) mass is 681 g/mol. The molecule has 248 valence electrons. The number of rotatable bonds is 1. The van der Waals surface area contributed by atoms with Crippen LogP contribution in [0.5, 0.6) is 0 Å². The normalized spacial score (nSPS) is 25.9. The third kappa shape index (κ3) is 3.21. The standard InChI is InChI=1S/C50H39NSi/c1-2-12-37-33(11-1)21-24-44-49(37)50(34-26-31-25-32(28-34)29-35(50)27-31)42-16-6-7-17-43(42)51(44)36-22-23-41-40-15-5-10-20-47(40)52(48(41)30-36)45-18-8-3-13-38(45)39-14-4-9-19-46(39)52/h1-24,30-32,34-35H,25-29H2. The van der Waals surface area contributed by atoms with Crippen LogP contribution in [-0.4, -0.2) is 8.07 Å². The molecule has 4 fully saturated rings. The molecule has 0 amide bonds. The number of hydrogen-bond donors (Lipinski definition) is 0. The first-order valence-electron chi connectivity index (χ1n) is 19.6. The van der Waals surface area contributed by atoms with Crippen molar-refractivity contribution in [3.8, 4) is 22.3 Å². The van der Waals surface area contributed by atoms with Gasteiger partial charge in [-0.05, 0) is 145 Å². The zero-order valence-electron chi connectivity index (χ0n) is 29.2. The lowest BCUT2D eigenvalue weighted by molar-refractivity contribution is -0.0413. The quantitative estimate of drug-likeness (QED) is 0.156. The van der Waals surface area contributed by atoms with Crippen LogP contribution in [0.15, 0.2) is 152 Å². The Hall–Kier alpha value is -5.18. The van der Waals surface area contributed by atoms with E-state index in [1.165, 1.54) is 97.8 Å². The molecule has 3 heterocycles. The molecular formula is C50H39NSi. The lowest BCUT2D eigenvalue weighted by atomic mass is 9.41. The molecule has 14 rings (SSSR count). The van der Waals surface area contributed by atoms with E-state index in [2.05, 4.69) is 157 Å². The van der Waals surface area contributed by atoms with Gasteiger partial charge in [0.1, 0.15) is 0 Å². The van der Waals surface area contributed by atoms with Gasteiger partial charge in [-0.15, -0.1) is 0 Å². The molecule has 0 radical (unpaired) electrons. The molecular weight excluding hydrogens is 643 g/mol. The van der Waals surface area contributed by atoms with Crippen LogP contribution in [0.3, 0.4) is 0 Å². The Morgan fingerprint density at radius 3 is 1.69 bits per heavy atom. The van der Waals surface area contributed by atoms with Crippen molar-refractivity contribution >= 4 is 56.7 Å². The Labute approximate surface area is 306 Å². The maximum atomic E-state index is 2.69. The van der Waals surface area contributed by atoms with Crippen molar-refractivity contribution in [3.63, 3.8) is 0 Å². The summed E-state index contributed by atoms with van der Waals surface area (Å²) >= 11 is 0. The predicted octanol–water partition coefficient (Wildman–Crippen LogP) is 9.70. The molecule has 4 saturated carbocycles. The summed E-state index contributed by atoms with van der Waals surface area (Å²) in [6.07, 6.45) is 7.00. The van der Waals surface area contributed by atoms with E-state index in [4.69, 9.17) is 0 Å². The zero-order valence-corrected chi connectivity index (χ0v) is 30.2. The van der Waals surface area contributed by atoms with Crippen molar-refractivity contribution < 1.29 is 0 Å². The maximum Gasteiger partial charge on any atom is 0.182 e. The van der Waals surface area contributed by atoms with Crippen LogP contribution in [0.2, 0.25) is 0 Å². The topological polar surface area (TPSA) is 3.24 Å². The van der Waals surface area contributed by atoms with Crippen LogP contribution < -0.4 is 25.6 Å². The molecule has 0 saturated heterocycles. The Balaban J connectivity index is 1.11. The maximum absolute atomic E-state index is 2.69. The second-order valence-corrected chi connectivity index (χ2v) is 20.5. The van der Waals surface area contributed by atoms with E-state index in [-0.39, 0.29) is 5.41 Å². The summed E-state index contributed by atoms with van der Waals surface area (Å²) in [6, 6.07) is 59.4. The number of para-hydroxylation sites is 1. The third-order valence-corrected chi connectivity index (χ3v) is 19.8.